The molecule has 1 unspecified atom stereocenters. The third kappa shape index (κ3) is 6.75. The summed E-state index contributed by atoms with van der Waals surface area (Å²) in [5.41, 5.74) is 1.52. The van der Waals surface area contributed by atoms with Gasteiger partial charge in [0.25, 0.3) is 0 Å². The van der Waals surface area contributed by atoms with E-state index in [9.17, 15) is 18.9 Å². The molecule has 0 aromatic heterocycles. The molecule has 7 nitrogen and oxygen atoms in total. The lowest BCUT2D eigenvalue weighted by molar-refractivity contribution is -0.122. The highest BCUT2D eigenvalue weighted by atomic mass is 32.2. The summed E-state index contributed by atoms with van der Waals surface area (Å²) in [6.07, 6.45) is 2.57. The molecular weight excluding hydrogens is 342 g/mol. The van der Waals surface area contributed by atoms with Gasteiger partial charge in [0.1, 0.15) is 17.8 Å². The number of carbonyl (C=O) groups is 3. The first-order chi connectivity index (χ1) is 12.0. The number of nitrogens with one attached hydrogen (secondary N) is 3. The number of amides is 3. The monoisotopic (exact) mass is 365 g/mol. The van der Waals surface area contributed by atoms with E-state index in [-0.39, 0.29) is 18.0 Å². The highest BCUT2D eigenvalue weighted by molar-refractivity contribution is 7.91. The van der Waals surface area contributed by atoms with Crippen LogP contribution in [0.3, 0.4) is 0 Å². The Bertz CT molecular complexity index is 600. The first-order valence-electron chi connectivity index (χ1n) is 8.20. The molecule has 0 saturated carbocycles. The fourth-order valence-electron chi connectivity index (χ4n) is 2.66. The van der Waals surface area contributed by atoms with Gasteiger partial charge in [0.15, 0.2) is 0 Å². The lowest BCUT2D eigenvalue weighted by Gasteiger charge is -2.25. The van der Waals surface area contributed by atoms with Crippen molar-refractivity contribution in [1.82, 2.24) is 10.6 Å². The number of hydrogen-bond acceptors (Lipinski definition) is 4. The van der Waals surface area contributed by atoms with Crippen molar-refractivity contribution >= 4 is 35.1 Å². The Morgan fingerprint density at radius 1 is 1.28 bits per heavy atom. The maximum atomic E-state index is 12.0. The van der Waals surface area contributed by atoms with E-state index in [0.29, 0.717) is 29.9 Å². The maximum absolute atomic E-state index is 12.0. The number of rotatable bonds is 6. The highest BCUT2D eigenvalue weighted by Gasteiger charge is 2.23. The molecule has 25 heavy (non-hydrogen) atoms. The van der Waals surface area contributed by atoms with Gasteiger partial charge in [-0.15, -0.1) is 0 Å². The van der Waals surface area contributed by atoms with Crippen molar-refractivity contribution in [3.8, 4) is 0 Å². The van der Waals surface area contributed by atoms with Gasteiger partial charge in [0.05, 0.1) is 6.04 Å². The Kier molecular flexibility index (Phi) is 7.27. The molecule has 0 aliphatic carbocycles. The standard InChI is InChI=1S/C17H23N3O4S/c1-12(22)18-16(11-21)10-13-2-4-14(5-3-13)19-17(23)20-15-6-8-25(24)9-7-15/h2-5,11,15-16H,6-10H2,1H3,(H,18,22)(H2,19,20,23). The number of urea groups is 1. The predicted molar refractivity (Wildman–Crippen MR) is 96.9 cm³/mol. The number of carbonyl (C=O) groups excluding carboxylic acids is 3. The molecule has 0 radical (unpaired) electrons. The van der Waals surface area contributed by atoms with E-state index in [1.165, 1.54) is 6.92 Å². The van der Waals surface area contributed by atoms with Gasteiger partial charge in [-0.25, -0.2) is 4.79 Å². The minimum absolute atomic E-state index is 0.0583. The maximum Gasteiger partial charge on any atom is 0.319 e. The lowest BCUT2D eigenvalue weighted by atomic mass is 10.1. The summed E-state index contributed by atoms with van der Waals surface area (Å²) in [6, 6.07) is 6.32. The smallest absolute Gasteiger partial charge is 0.319 e. The van der Waals surface area contributed by atoms with E-state index in [2.05, 4.69) is 16.0 Å². The van der Waals surface area contributed by atoms with Crippen LogP contribution in [0.1, 0.15) is 25.3 Å². The molecule has 1 saturated heterocycles. The van der Waals surface area contributed by atoms with Gasteiger partial charge in [0, 0.05) is 31.5 Å². The summed E-state index contributed by atoms with van der Waals surface area (Å²) in [5, 5.41) is 8.21. The van der Waals surface area contributed by atoms with Crippen molar-refractivity contribution < 1.29 is 18.9 Å². The molecule has 1 heterocycles. The van der Waals surface area contributed by atoms with Crippen molar-refractivity contribution in [3.63, 3.8) is 0 Å². The van der Waals surface area contributed by atoms with E-state index in [1.54, 1.807) is 24.3 Å². The van der Waals surface area contributed by atoms with Gasteiger partial charge in [-0.1, -0.05) is 23.3 Å². The van der Waals surface area contributed by atoms with Crippen LogP contribution < -0.4 is 16.0 Å². The summed E-state index contributed by atoms with van der Waals surface area (Å²) >= 11 is -0.749. The van der Waals surface area contributed by atoms with Crippen LogP contribution in [0.4, 0.5) is 10.5 Å². The molecule has 136 valence electrons. The van der Waals surface area contributed by atoms with Crippen molar-refractivity contribution in [2.75, 3.05) is 16.8 Å². The van der Waals surface area contributed by atoms with Crippen LogP contribution in [0.5, 0.6) is 0 Å². The zero-order valence-electron chi connectivity index (χ0n) is 14.1. The summed E-state index contributed by atoms with van der Waals surface area (Å²) in [6.45, 7) is 1.37. The largest absolute Gasteiger partial charge is 0.616 e. The van der Waals surface area contributed by atoms with Gasteiger partial charge >= 0.3 is 6.03 Å². The molecule has 1 aromatic carbocycles. The average Bonchev–Trinajstić information content (AvgIpc) is 2.57. The molecule has 0 spiro atoms. The van der Waals surface area contributed by atoms with Crippen LogP contribution in [-0.2, 0) is 27.2 Å². The molecule has 1 atom stereocenters. The molecule has 1 fully saturated rings. The zero-order chi connectivity index (χ0) is 18.2. The normalized spacial score (nSPS) is 21.0. The SMILES string of the molecule is CC(=O)NC(C=O)Cc1ccc(NC(=O)NC2CC[S+]([O-])CC2)cc1. The fourth-order valence-corrected chi connectivity index (χ4v) is 3.96. The van der Waals surface area contributed by atoms with Crippen molar-refractivity contribution in [1.29, 1.82) is 0 Å². The van der Waals surface area contributed by atoms with Gasteiger partial charge in [0.2, 0.25) is 5.91 Å². The second-order valence-corrected chi connectivity index (χ2v) is 7.76. The predicted octanol–water partition coefficient (Wildman–Crippen LogP) is 0.965. The Morgan fingerprint density at radius 2 is 1.92 bits per heavy atom. The second-order valence-electron chi connectivity index (χ2n) is 6.06. The third-order valence-corrected chi connectivity index (χ3v) is 5.33. The summed E-state index contributed by atoms with van der Waals surface area (Å²) in [4.78, 5) is 34.0. The van der Waals surface area contributed by atoms with Crippen LogP contribution in [0.15, 0.2) is 24.3 Å². The Balaban J connectivity index is 1.82. The van der Waals surface area contributed by atoms with Gasteiger partial charge in [-0.2, -0.15) is 0 Å². The first kappa shape index (κ1) is 19.3. The Morgan fingerprint density at radius 3 is 2.48 bits per heavy atom. The van der Waals surface area contributed by atoms with Gasteiger partial charge in [-0.3, -0.25) is 4.79 Å². The molecule has 8 heteroatoms. The quantitative estimate of drug-likeness (QED) is 0.515. The van der Waals surface area contributed by atoms with Gasteiger partial charge < -0.3 is 25.3 Å². The Labute approximate surface area is 150 Å². The Hall–Kier alpha value is -2.06. The van der Waals surface area contributed by atoms with Crippen molar-refractivity contribution in [3.05, 3.63) is 29.8 Å². The topological polar surface area (TPSA) is 110 Å². The molecule has 1 aliphatic heterocycles. The number of benzene rings is 1. The van der Waals surface area contributed by atoms with Crippen LogP contribution in [0, 0.1) is 0 Å². The van der Waals surface area contributed by atoms with E-state index < -0.39 is 17.2 Å². The first-order valence-corrected chi connectivity index (χ1v) is 9.69. The summed E-state index contributed by atoms with van der Waals surface area (Å²) in [7, 11) is 0. The van der Waals surface area contributed by atoms with Crippen LogP contribution in [-0.4, -0.2) is 46.4 Å². The van der Waals surface area contributed by atoms with Crippen molar-refractivity contribution in [2.45, 2.75) is 38.3 Å². The van der Waals surface area contributed by atoms with E-state index >= 15 is 0 Å². The van der Waals surface area contributed by atoms with E-state index in [0.717, 1.165) is 18.4 Å². The lowest BCUT2D eigenvalue weighted by Crippen LogP contribution is -2.42. The molecule has 3 N–H and O–H groups in total. The molecular formula is C17H23N3O4S. The van der Waals surface area contributed by atoms with Crippen LogP contribution in [0.25, 0.3) is 0 Å². The number of aldehydes is 1. The van der Waals surface area contributed by atoms with Gasteiger partial charge in [-0.05, 0) is 24.1 Å². The molecule has 1 aliphatic rings. The number of hydrogen-bond donors (Lipinski definition) is 3. The molecule has 0 bridgehead atoms. The summed E-state index contributed by atoms with van der Waals surface area (Å²) < 4.78 is 11.3. The minimum atomic E-state index is -0.749. The number of anilines is 1. The third-order valence-electron chi connectivity index (χ3n) is 3.94. The van der Waals surface area contributed by atoms with E-state index in [4.69, 9.17) is 0 Å². The fraction of sp³-hybridized carbons (Fsp3) is 0.471. The van der Waals surface area contributed by atoms with Crippen LogP contribution in [0.2, 0.25) is 0 Å². The molecule has 2 rings (SSSR count). The van der Waals surface area contributed by atoms with E-state index in [1.807, 2.05) is 0 Å². The van der Waals surface area contributed by atoms with Crippen LogP contribution >= 0.6 is 0 Å². The highest BCUT2D eigenvalue weighted by Crippen LogP contribution is 2.14. The minimum Gasteiger partial charge on any atom is -0.616 e. The average molecular weight is 365 g/mol. The second kappa shape index (κ2) is 9.43. The zero-order valence-corrected chi connectivity index (χ0v) is 14.9. The molecule has 3 amide bonds. The molecule has 1 aromatic rings. The summed E-state index contributed by atoms with van der Waals surface area (Å²) in [5.74, 6) is 1.01. The van der Waals surface area contributed by atoms with Crippen molar-refractivity contribution in [2.24, 2.45) is 0 Å².